The van der Waals surface area contributed by atoms with Gasteiger partial charge in [0.05, 0.1) is 13.2 Å². The number of fused-ring (bicyclic) bond motifs is 1. The molecule has 0 bridgehead atoms. The van der Waals surface area contributed by atoms with Gasteiger partial charge in [-0.1, -0.05) is 30.3 Å². The summed E-state index contributed by atoms with van der Waals surface area (Å²) in [6.07, 6.45) is -2.57. The molecule has 1 amide bonds. The summed E-state index contributed by atoms with van der Waals surface area (Å²) < 4.78 is 45.5. The highest BCUT2D eigenvalue weighted by molar-refractivity contribution is 5.93. The lowest BCUT2D eigenvalue weighted by Crippen LogP contribution is -2.37. The highest BCUT2D eigenvalue weighted by Crippen LogP contribution is 2.29. The molecule has 1 aliphatic heterocycles. The van der Waals surface area contributed by atoms with E-state index in [2.05, 4.69) is 10.2 Å². The van der Waals surface area contributed by atoms with E-state index in [1.54, 1.807) is 11.6 Å². The van der Waals surface area contributed by atoms with E-state index < -0.39 is 23.7 Å². The normalized spacial score (nSPS) is 13.6. The highest BCUT2D eigenvalue weighted by atomic mass is 19.4. The van der Waals surface area contributed by atoms with Crippen molar-refractivity contribution in [1.82, 2.24) is 24.9 Å². The number of nitrogens with one attached hydrogen (secondary N) is 1. The summed E-state index contributed by atoms with van der Waals surface area (Å²) in [5.41, 5.74) is 1.30. The van der Waals surface area contributed by atoms with Crippen molar-refractivity contribution in [2.45, 2.75) is 45.5 Å². The van der Waals surface area contributed by atoms with E-state index in [9.17, 15) is 22.8 Å². The number of halogens is 3. The molecule has 0 atom stereocenters. The van der Waals surface area contributed by atoms with Gasteiger partial charge in [-0.2, -0.15) is 23.4 Å². The van der Waals surface area contributed by atoms with Crippen LogP contribution < -0.4 is 0 Å². The van der Waals surface area contributed by atoms with Gasteiger partial charge in [0, 0.05) is 36.8 Å². The first-order valence-electron chi connectivity index (χ1n) is 11.0. The second-order valence-corrected chi connectivity index (χ2v) is 7.95. The Balaban J connectivity index is 1.53. The molecule has 3 aromatic rings. The van der Waals surface area contributed by atoms with Crippen molar-refractivity contribution >= 4 is 11.9 Å². The number of aromatic amines is 1. The van der Waals surface area contributed by atoms with Crippen molar-refractivity contribution in [2.75, 3.05) is 13.2 Å². The van der Waals surface area contributed by atoms with Crippen molar-refractivity contribution in [3.05, 3.63) is 70.3 Å². The molecule has 3 heterocycles. The predicted octanol–water partition coefficient (Wildman–Crippen LogP) is 3.63. The predicted molar refractivity (Wildman–Crippen MR) is 115 cm³/mol. The number of aromatic nitrogens is 4. The largest absolute Gasteiger partial charge is 0.461 e. The van der Waals surface area contributed by atoms with E-state index >= 15 is 0 Å². The first-order chi connectivity index (χ1) is 16.3. The molecule has 180 valence electrons. The molecule has 1 aromatic carbocycles. The number of H-pyrrole nitrogens is 1. The fraction of sp³-hybridized carbons (Fsp3) is 0.391. The summed E-state index contributed by atoms with van der Waals surface area (Å²) in [5, 5.41) is 9.86. The average Bonchev–Trinajstić information content (AvgIpc) is 3.45. The molecule has 0 spiro atoms. The third-order valence-corrected chi connectivity index (χ3v) is 5.67. The molecule has 0 radical (unpaired) electrons. The van der Waals surface area contributed by atoms with E-state index in [-0.39, 0.29) is 31.1 Å². The summed E-state index contributed by atoms with van der Waals surface area (Å²) in [7, 11) is 0. The number of amides is 1. The zero-order valence-electron chi connectivity index (χ0n) is 18.6. The van der Waals surface area contributed by atoms with Gasteiger partial charge in [0.25, 0.3) is 5.91 Å². The third-order valence-electron chi connectivity index (χ3n) is 5.67. The first kappa shape index (κ1) is 23.5. The summed E-state index contributed by atoms with van der Waals surface area (Å²) in [6.45, 7) is 2.75. The van der Waals surface area contributed by atoms with Crippen LogP contribution in [0.5, 0.6) is 0 Å². The summed E-state index contributed by atoms with van der Waals surface area (Å²) in [4.78, 5) is 26.7. The second kappa shape index (κ2) is 9.70. The molecule has 1 N–H and O–H groups in total. The Morgan fingerprint density at radius 2 is 1.97 bits per heavy atom. The van der Waals surface area contributed by atoms with Crippen LogP contribution in [0.1, 0.15) is 56.8 Å². The van der Waals surface area contributed by atoms with Crippen molar-refractivity contribution in [1.29, 1.82) is 0 Å². The Bertz CT molecular complexity index is 1170. The van der Waals surface area contributed by atoms with Crippen LogP contribution in [0.4, 0.5) is 13.2 Å². The van der Waals surface area contributed by atoms with Gasteiger partial charge >= 0.3 is 12.1 Å². The lowest BCUT2D eigenvalue weighted by Gasteiger charge is -2.27. The van der Waals surface area contributed by atoms with Crippen LogP contribution in [0.3, 0.4) is 0 Å². The van der Waals surface area contributed by atoms with Crippen molar-refractivity contribution in [3.8, 4) is 0 Å². The zero-order chi connectivity index (χ0) is 24.3. The van der Waals surface area contributed by atoms with Gasteiger partial charge in [-0.25, -0.2) is 4.79 Å². The van der Waals surface area contributed by atoms with E-state index in [0.717, 1.165) is 18.5 Å². The van der Waals surface area contributed by atoms with Crippen LogP contribution in [0.15, 0.2) is 36.4 Å². The molecule has 0 unspecified atom stereocenters. The Morgan fingerprint density at radius 3 is 2.65 bits per heavy atom. The van der Waals surface area contributed by atoms with Crippen LogP contribution >= 0.6 is 0 Å². The minimum Gasteiger partial charge on any atom is -0.461 e. The lowest BCUT2D eigenvalue weighted by atomic mass is 10.0. The Morgan fingerprint density at radius 1 is 1.21 bits per heavy atom. The Kier molecular flexibility index (Phi) is 6.71. The molecule has 34 heavy (non-hydrogen) atoms. The number of hydrogen-bond donors (Lipinski definition) is 1. The molecule has 0 saturated carbocycles. The molecule has 0 fully saturated rings. The van der Waals surface area contributed by atoms with E-state index in [0.29, 0.717) is 24.6 Å². The molecule has 0 saturated heterocycles. The number of esters is 1. The van der Waals surface area contributed by atoms with Gasteiger partial charge in [0.1, 0.15) is 5.69 Å². The van der Waals surface area contributed by atoms with Gasteiger partial charge < -0.3 is 9.64 Å². The van der Waals surface area contributed by atoms with Crippen molar-refractivity contribution in [2.24, 2.45) is 0 Å². The maximum atomic E-state index is 12.9. The number of ether oxygens (including phenoxy) is 1. The van der Waals surface area contributed by atoms with Crippen LogP contribution in [-0.4, -0.2) is 49.9 Å². The number of alkyl halides is 3. The fourth-order valence-electron chi connectivity index (χ4n) is 4.03. The fourth-order valence-corrected chi connectivity index (χ4v) is 4.03. The Hall–Kier alpha value is -3.63. The summed E-state index contributed by atoms with van der Waals surface area (Å²) in [6, 6.07) is 10.7. The smallest absolute Gasteiger partial charge is 0.432 e. The Labute approximate surface area is 193 Å². The van der Waals surface area contributed by atoms with Gasteiger partial charge in [0.15, 0.2) is 11.4 Å². The van der Waals surface area contributed by atoms with Crippen molar-refractivity contribution < 1.29 is 27.5 Å². The van der Waals surface area contributed by atoms with Gasteiger partial charge in [-0.3, -0.25) is 14.6 Å². The quantitative estimate of drug-likeness (QED) is 0.527. The summed E-state index contributed by atoms with van der Waals surface area (Å²) >= 11 is 0. The number of aryl methyl sites for hydroxylation is 2. The topological polar surface area (TPSA) is 93.1 Å². The van der Waals surface area contributed by atoms with Crippen LogP contribution in [0.25, 0.3) is 0 Å². The second-order valence-electron chi connectivity index (χ2n) is 7.95. The number of carbonyl (C=O) groups excluding carboxylic acids is 2. The molecule has 8 nitrogen and oxygen atoms in total. The standard InChI is InChI=1S/C23H24F3N5O3/c1-2-34-22(33)20-16-14-30(21(32)17-13-19(28-27-17)23(24,25)26)12-10-18(16)31(29-20)11-6-9-15-7-4-3-5-8-15/h3-5,7-8,13H,2,6,9-12,14H2,1H3,(H,27,28). The molecule has 0 aliphatic carbocycles. The SMILES string of the molecule is CCOC(=O)c1nn(CCCc2ccccc2)c2c1CN(C(=O)c1cc(C(F)(F)F)[nH]n1)CC2. The van der Waals surface area contributed by atoms with E-state index in [1.807, 2.05) is 35.4 Å². The van der Waals surface area contributed by atoms with Crippen LogP contribution in [0.2, 0.25) is 0 Å². The van der Waals surface area contributed by atoms with E-state index in [1.165, 1.54) is 10.5 Å². The molecule has 11 heteroatoms. The van der Waals surface area contributed by atoms with Crippen LogP contribution in [0, 0.1) is 0 Å². The van der Waals surface area contributed by atoms with Crippen LogP contribution in [-0.2, 0) is 36.8 Å². The van der Waals surface area contributed by atoms with E-state index in [4.69, 9.17) is 4.74 Å². The number of rotatable bonds is 7. The molecular weight excluding hydrogens is 451 g/mol. The monoisotopic (exact) mass is 475 g/mol. The number of carbonyl (C=O) groups is 2. The average molecular weight is 475 g/mol. The molecule has 4 rings (SSSR count). The highest BCUT2D eigenvalue weighted by Gasteiger charge is 2.36. The first-order valence-corrected chi connectivity index (χ1v) is 11.0. The molecular formula is C23H24F3N5O3. The number of benzene rings is 1. The van der Waals surface area contributed by atoms with Crippen molar-refractivity contribution in [3.63, 3.8) is 0 Å². The van der Waals surface area contributed by atoms with Gasteiger partial charge in [-0.05, 0) is 25.3 Å². The number of nitrogens with zero attached hydrogens (tertiary/aromatic N) is 4. The minimum atomic E-state index is -4.63. The van der Waals surface area contributed by atoms with Gasteiger partial charge in [0.2, 0.25) is 0 Å². The van der Waals surface area contributed by atoms with Gasteiger partial charge in [-0.15, -0.1) is 0 Å². The zero-order valence-corrected chi connectivity index (χ0v) is 18.6. The molecule has 2 aromatic heterocycles. The maximum absolute atomic E-state index is 12.9. The summed E-state index contributed by atoms with van der Waals surface area (Å²) in [5.74, 6) is -1.24. The minimum absolute atomic E-state index is 0.0369. The number of hydrogen-bond acceptors (Lipinski definition) is 5. The lowest BCUT2D eigenvalue weighted by molar-refractivity contribution is -0.141. The third kappa shape index (κ3) is 4.97. The molecule has 1 aliphatic rings. The maximum Gasteiger partial charge on any atom is 0.432 e.